The molecule has 4 nitrogen and oxygen atoms in total. The van der Waals surface area contributed by atoms with Crippen LogP contribution in [0.2, 0.25) is 0 Å². The molecule has 4 rings (SSSR count). The summed E-state index contributed by atoms with van der Waals surface area (Å²) in [4.78, 5) is 15.9. The number of benzene rings is 1. The zero-order valence-electron chi connectivity index (χ0n) is 14.6. The van der Waals surface area contributed by atoms with E-state index < -0.39 is 0 Å². The summed E-state index contributed by atoms with van der Waals surface area (Å²) < 4.78 is 13.3. The molecule has 1 fully saturated rings. The van der Waals surface area contributed by atoms with Crippen LogP contribution in [0.1, 0.15) is 30.0 Å². The summed E-state index contributed by atoms with van der Waals surface area (Å²) in [6, 6.07) is 10.6. The van der Waals surface area contributed by atoms with E-state index in [0.717, 1.165) is 49.4 Å². The van der Waals surface area contributed by atoms with E-state index in [9.17, 15) is 4.39 Å². The number of hydrogen-bond donors (Lipinski definition) is 0. The highest BCUT2D eigenvalue weighted by molar-refractivity contribution is 5.62. The molecule has 132 valence electrons. The summed E-state index contributed by atoms with van der Waals surface area (Å²) in [7, 11) is 0. The van der Waals surface area contributed by atoms with E-state index in [1.165, 1.54) is 17.7 Å². The third-order valence-electron chi connectivity index (χ3n) is 4.87. The largest absolute Gasteiger partial charge is 0.298 e. The Morgan fingerprint density at radius 3 is 2.69 bits per heavy atom. The number of aromatic nitrogens is 3. The highest BCUT2D eigenvalue weighted by Gasteiger charge is 2.25. The maximum Gasteiger partial charge on any atom is 0.123 e. The Kier molecular flexibility index (Phi) is 4.97. The van der Waals surface area contributed by atoms with E-state index >= 15 is 0 Å². The van der Waals surface area contributed by atoms with Crippen LogP contribution in [0.4, 0.5) is 4.39 Å². The molecule has 0 N–H and O–H groups in total. The first-order valence-corrected chi connectivity index (χ1v) is 8.98. The molecule has 2 aromatic heterocycles. The summed E-state index contributed by atoms with van der Waals surface area (Å²) in [6.07, 6.45) is 9.41. The van der Waals surface area contributed by atoms with E-state index in [0.29, 0.717) is 5.92 Å². The average molecular weight is 348 g/mol. The average Bonchev–Trinajstić information content (AvgIpc) is 2.70. The predicted octanol–water partition coefficient (Wildman–Crippen LogP) is 4.06. The fourth-order valence-corrected chi connectivity index (χ4v) is 3.65. The highest BCUT2D eigenvalue weighted by Crippen LogP contribution is 2.32. The summed E-state index contributed by atoms with van der Waals surface area (Å²) in [6.45, 7) is 2.93. The number of hydrogen-bond acceptors (Lipinski definition) is 4. The first-order valence-electron chi connectivity index (χ1n) is 8.98. The van der Waals surface area contributed by atoms with Gasteiger partial charge in [0.25, 0.3) is 0 Å². The zero-order chi connectivity index (χ0) is 17.8. The lowest BCUT2D eigenvalue weighted by molar-refractivity contribution is 0.198. The second-order valence-electron chi connectivity index (χ2n) is 6.73. The molecule has 0 radical (unpaired) electrons. The number of nitrogens with zero attached hydrogens (tertiary/aromatic N) is 4. The van der Waals surface area contributed by atoms with Crippen LogP contribution in [0, 0.1) is 5.82 Å². The number of rotatable bonds is 4. The van der Waals surface area contributed by atoms with Crippen molar-refractivity contribution in [2.24, 2.45) is 0 Å². The van der Waals surface area contributed by atoms with Crippen molar-refractivity contribution < 1.29 is 4.39 Å². The summed E-state index contributed by atoms with van der Waals surface area (Å²) in [5.41, 5.74) is 4.01. The first-order chi connectivity index (χ1) is 12.8. The van der Waals surface area contributed by atoms with Gasteiger partial charge in [0.05, 0.1) is 11.4 Å². The lowest BCUT2D eigenvalue weighted by Gasteiger charge is -2.33. The lowest BCUT2D eigenvalue weighted by Crippen LogP contribution is -2.34. The third kappa shape index (κ3) is 3.78. The lowest BCUT2D eigenvalue weighted by atomic mass is 9.91. The first kappa shape index (κ1) is 16.8. The molecule has 0 spiro atoms. The molecule has 0 amide bonds. The molecule has 1 saturated heterocycles. The molecule has 1 unspecified atom stereocenters. The molecule has 26 heavy (non-hydrogen) atoms. The topological polar surface area (TPSA) is 41.9 Å². The van der Waals surface area contributed by atoms with Gasteiger partial charge in [-0.15, -0.1) is 0 Å². The number of piperidine rings is 1. The normalized spacial score (nSPS) is 18.0. The van der Waals surface area contributed by atoms with Gasteiger partial charge in [-0.2, -0.15) is 0 Å². The van der Waals surface area contributed by atoms with Gasteiger partial charge >= 0.3 is 0 Å². The molecule has 1 atom stereocenters. The monoisotopic (exact) mass is 348 g/mol. The Morgan fingerprint density at radius 2 is 1.88 bits per heavy atom. The van der Waals surface area contributed by atoms with Gasteiger partial charge in [-0.3, -0.25) is 19.9 Å². The van der Waals surface area contributed by atoms with Gasteiger partial charge in [0, 0.05) is 49.4 Å². The van der Waals surface area contributed by atoms with Gasteiger partial charge in [0.15, 0.2) is 0 Å². The van der Waals surface area contributed by atoms with Crippen LogP contribution in [0.3, 0.4) is 0 Å². The number of halogens is 1. The molecule has 3 aromatic rings. The van der Waals surface area contributed by atoms with Crippen LogP contribution >= 0.6 is 0 Å². The number of likely N-dealkylation sites (tertiary alicyclic amines) is 1. The molecule has 0 saturated carbocycles. The molecule has 0 bridgehead atoms. The summed E-state index contributed by atoms with van der Waals surface area (Å²) >= 11 is 0. The van der Waals surface area contributed by atoms with E-state index in [-0.39, 0.29) is 5.82 Å². The van der Waals surface area contributed by atoms with Gasteiger partial charge < -0.3 is 0 Å². The van der Waals surface area contributed by atoms with Crippen molar-refractivity contribution in [1.82, 2.24) is 19.9 Å². The van der Waals surface area contributed by atoms with Crippen LogP contribution in [0.5, 0.6) is 0 Å². The van der Waals surface area contributed by atoms with Gasteiger partial charge in [-0.1, -0.05) is 6.07 Å². The predicted molar refractivity (Wildman–Crippen MR) is 98.9 cm³/mol. The molecule has 1 aliphatic heterocycles. The van der Waals surface area contributed by atoms with Crippen LogP contribution < -0.4 is 0 Å². The smallest absolute Gasteiger partial charge is 0.123 e. The molecule has 1 aromatic carbocycles. The minimum atomic E-state index is -0.237. The molecule has 0 aliphatic carbocycles. The van der Waals surface area contributed by atoms with Gasteiger partial charge in [-0.25, -0.2) is 4.39 Å². The Balaban J connectivity index is 1.56. The van der Waals surface area contributed by atoms with Crippen LogP contribution in [0.15, 0.2) is 61.2 Å². The minimum absolute atomic E-state index is 0.237. The van der Waals surface area contributed by atoms with E-state index in [2.05, 4.69) is 25.9 Å². The second-order valence-corrected chi connectivity index (χ2v) is 6.73. The fraction of sp³-hybridized carbons (Fsp3) is 0.286. The van der Waals surface area contributed by atoms with Crippen molar-refractivity contribution in [2.45, 2.75) is 25.3 Å². The molecule has 5 heteroatoms. The van der Waals surface area contributed by atoms with Crippen molar-refractivity contribution in [3.05, 3.63) is 78.3 Å². The van der Waals surface area contributed by atoms with Gasteiger partial charge in [0.1, 0.15) is 5.82 Å². The van der Waals surface area contributed by atoms with Crippen molar-refractivity contribution >= 4 is 0 Å². The Hall–Kier alpha value is -2.66. The van der Waals surface area contributed by atoms with Crippen molar-refractivity contribution in [3.8, 4) is 11.3 Å². The number of pyridine rings is 1. The van der Waals surface area contributed by atoms with Gasteiger partial charge in [0.2, 0.25) is 0 Å². The third-order valence-corrected chi connectivity index (χ3v) is 4.87. The van der Waals surface area contributed by atoms with E-state index in [1.807, 2.05) is 12.3 Å². The van der Waals surface area contributed by atoms with Crippen LogP contribution in [-0.2, 0) is 6.54 Å². The van der Waals surface area contributed by atoms with E-state index in [4.69, 9.17) is 0 Å². The standard InChI is InChI=1S/C21H21FN4/c22-19-7-5-17(6-8-19)20-21(25-11-10-24-20)18-4-2-12-26(15-18)14-16-3-1-9-23-13-16/h1,3,5-11,13,18H,2,4,12,14-15H2. The maximum absolute atomic E-state index is 13.3. The quantitative estimate of drug-likeness (QED) is 0.713. The maximum atomic E-state index is 13.3. The van der Waals surface area contributed by atoms with Crippen LogP contribution in [0.25, 0.3) is 11.3 Å². The zero-order valence-corrected chi connectivity index (χ0v) is 14.6. The molecular weight excluding hydrogens is 327 g/mol. The van der Waals surface area contributed by atoms with Crippen molar-refractivity contribution in [3.63, 3.8) is 0 Å². The molecular formula is C21H21FN4. The van der Waals surface area contributed by atoms with Gasteiger partial charge in [-0.05, 0) is 55.3 Å². The summed E-state index contributed by atoms with van der Waals surface area (Å²) in [5.74, 6) is 0.0914. The Morgan fingerprint density at radius 1 is 1.04 bits per heavy atom. The minimum Gasteiger partial charge on any atom is -0.298 e. The Labute approximate surface area is 152 Å². The highest BCUT2D eigenvalue weighted by atomic mass is 19.1. The van der Waals surface area contributed by atoms with E-state index in [1.54, 1.807) is 30.7 Å². The second kappa shape index (κ2) is 7.70. The SMILES string of the molecule is Fc1ccc(-c2nccnc2C2CCCN(Cc3cccnc3)C2)cc1. The molecule has 1 aliphatic rings. The van der Waals surface area contributed by atoms with Crippen molar-refractivity contribution in [1.29, 1.82) is 0 Å². The summed E-state index contributed by atoms with van der Waals surface area (Å²) in [5, 5.41) is 0. The Bertz CT molecular complexity index is 851. The van der Waals surface area contributed by atoms with Crippen molar-refractivity contribution in [2.75, 3.05) is 13.1 Å². The van der Waals surface area contributed by atoms with Crippen LogP contribution in [-0.4, -0.2) is 32.9 Å². The molecule has 3 heterocycles. The fourth-order valence-electron chi connectivity index (χ4n) is 3.65.